The van der Waals surface area contributed by atoms with E-state index in [1.54, 1.807) is 6.07 Å². The number of nitrogens with one attached hydrogen (secondary N) is 1. The molecule has 0 spiro atoms. The van der Waals surface area contributed by atoms with Crippen LogP contribution in [0.5, 0.6) is 0 Å². The average Bonchev–Trinajstić information content (AvgIpc) is 2.88. The molecule has 8 heteroatoms. The van der Waals surface area contributed by atoms with Crippen molar-refractivity contribution < 1.29 is 18.0 Å². The van der Waals surface area contributed by atoms with E-state index in [4.69, 9.17) is 0 Å². The monoisotopic (exact) mass is 486 g/mol. The minimum atomic E-state index is -4.40. The van der Waals surface area contributed by atoms with Crippen LogP contribution >= 0.6 is 0 Å². The van der Waals surface area contributed by atoms with Crippen LogP contribution in [0.3, 0.4) is 0 Å². The molecule has 0 aromatic heterocycles. The minimum Gasteiger partial charge on any atom is -0.368 e. The fraction of sp³-hybridized carbons (Fsp3) is 0.519. The molecule has 5 rings (SSSR count). The number of piperidine rings is 1. The van der Waals surface area contributed by atoms with Gasteiger partial charge in [-0.15, -0.1) is 0 Å². The van der Waals surface area contributed by atoms with E-state index in [1.165, 1.54) is 31.4 Å². The molecule has 3 aliphatic rings. The molecule has 3 heterocycles. The van der Waals surface area contributed by atoms with E-state index in [1.807, 2.05) is 18.2 Å². The van der Waals surface area contributed by atoms with E-state index in [-0.39, 0.29) is 11.9 Å². The van der Waals surface area contributed by atoms with Crippen LogP contribution in [0.2, 0.25) is 0 Å². The second-order valence-electron chi connectivity index (χ2n) is 9.89. The van der Waals surface area contributed by atoms with E-state index in [9.17, 15) is 18.0 Å². The third-order valence-corrected chi connectivity index (χ3v) is 7.67. The predicted octanol–water partition coefficient (Wildman–Crippen LogP) is 4.18. The number of carbonyl (C=O) groups excluding carboxylic acids is 1. The Morgan fingerprint density at radius 3 is 2.49 bits per heavy atom. The molecule has 188 valence electrons. The van der Waals surface area contributed by atoms with Crippen LogP contribution in [0, 0.1) is 5.92 Å². The van der Waals surface area contributed by atoms with E-state index >= 15 is 0 Å². The van der Waals surface area contributed by atoms with Crippen LogP contribution < -0.4 is 15.1 Å². The molecule has 0 bridgehead atoms. The van der Waals surface area contributed by atoms with E-state index in [0.29, 0.717) is 31.6 Å². The molecule has 3 aliphatic heterocycles. The number of nitrogens with zero attached hydrogens (tertiary/aromatic N) is 3. The topological polar surface area (TPSA) is 38.8 Å². The smallest absolute Gasteiger partial charge is 0.368 e. The van der Waals surface area contributed by atoms with Gasteiger partial charge < -0.3 is 20.0 Å². The van der Waals surface area contributed by atoms with Gasteiger partial charge in [0.2, 0.25) is 5.91 Å². The second-order valence-corrected chi connectivity index (χ2v) is 9.89. The number of carbonyl (C=O) groups is 1. The molecule has 2 aromatic carbocycles. The van der Waals surface area contributed by atoms with Crippen molar-refractivity contribution >= 4 is 17.3 Å². The van der Waals surface area contributed by atoms with Gasteiger partial charge in [-0.25, -0.2) is 0 Å². The molecule has 0 aliphatic carbocycles. The number of benzene rings is 2. The molecular weight excluding hydrogens is 453 g/mol. The van der Waals surface area contributed by atoms with Crippen LogP contribution in [0.25, 0.3) is 0 Å². The number of alkyl halides is 3. The lowest BCUT2D eigenvalue weighted by Gasteiger charge is -2.49. The number of hydrogen-bond donors (Lipinski definition) is 1. The fourth-order valence-electron chi connectivity index (χ4n) is 5.82. The standard InChI is InChI=1S/C27H33F3N4O/c28-27(29,30)21-9-10-24-20(17-21)18-23(26(35)31-11-14-32-12-5-2-6-13-32)25-19-33(15-16-34(24)25)22-7-3-1-4-8-22/h1,3-4,7-10,17,23,25H,2,5-6,11-16,18-19H2,(H,31,35). The normalized spacial score (nSPS) is 22.9. The van der Waals surface area contributed by atoms with E-state index in [2.05, 4.69) is 32.1 Å². The summed E-state index contributed by atoms with van der Waals surface area (Å²) in [5.74, 6) is -0.464. The predicted molar refractivity (Wildman–Crippen MR) is 132 cm³/mol. The van der Waals surface area contributed by atoms with Crippen LogP contribution in [0.1, 0.15) is 30.4 Å². The van der Waals surface area contributed by atoms with Crippen molar-refractivity contribution in [1.82, 2.24) is 10.2 Å². The van der Waals surface area contributed by atoms with Gasteiger partial charge in [0.25, 0.3) is 0 Å². The van der Waals surface area contributed by atoms with Gasteiger partial charge in [0.05, 0.1) is 17.5 Å². The summed E-state index contributed by atoms with van der Waals surface area (Å²) in [6.07, 6.45) is -0.426. The molecule has 2 atom stereocenters. The molecule has 2 saturated heterocycles. The summed E-state index contributed by atoms with van der Waals surface area (Å²) in [6, 6.07) is 14.0. The summed E-state index contributed by atoms with van der Waals surface area (Å²) in [4.78, 5) is 20.2. The van der Waals surface area contributed by atoms with Gasteiger partial charge in [0.15, 0.2) is 0 Å². The largest absolute Gasteiger partial charge is 0.416 e. The van der Waals surface area contributed by atoms with Gasteiger partial charge in [-0.3, -0.25) is 4.79 Å². The van der Waals surface area contributed by atoms with E-state index < -0.39 is 17.7 Å². The van der Waals surface area contributed by atoms with Crippen LogP contribution in [-0.4, -0.2) is 62.7 Å². The summed E-state index contributed by atoms with van der Waals surface area (Å²) in [7, 11) is 0. The summed E-state index contributed by atoms with van der Waals surface area (Å²) >= 11 is 0. The number of likely N-dealkylation sites (tertiary alicyclic amines) is 1. The Labute approximate surface area is 204 Å². The van der Waals surface area contributed by atoms with Crippen molar-refractivity contribution in [1.29, 1.82) is 0 Å². The number of fused-ring (bicyclic) bond motifs is 3. The zero-order valence-electron chi connectivity index (χ0n) is 19.9. The first kappa shape index (κ1) is 24.0. The Balaban J connectivity index is 1.36. The van der Waals surface area contributed by atoms with Crippen molar-refractivity contribution in [3.63, 3.8) is 0 Å². The lowest BCUT2D eigenvalue weighted by molar-refractivity contribution is -0.137. The lowest BCUT2D eigenvalue weighted by atomic mass is 9.82. The summed E-state index contributed by atoms with van der Waals surface area (Å²) in [6.45, 7) is 5.59. The molecule has 1 amide bonds. The van der Waals surface area contributed by atoms with Crippen molar-refractivity contribution in [3.8, 4) is 0 Å². The highest BCUT2D eigenvalue weighted by Gasteiger charge is 2.42. The molecule has 0 saturated carbocycles. The first-order chi connectivity index (χ1) is 16.9. The third-order valence-electron chi connectivity index (χ3n) is 7.67. The zero-order chi connectivity index (χ0) is 24.4. The highest BCUT2D eigenvalue weighted by molar-refractivity contribution is 5.82. The van der Waals surface area contributed by atoms with Gasteiger partial charge in [-0.2, -0.15) is 13.2 Å². The first-order valence-corrected chi connectivity index (χ1v) is 12.7. The third kappa shape index (κ3) is 5.27. The molecule has 2 aromatic rings. The number of para-hydroxylation sites is 1. The Bertz CT molecular complexity index is 1020. The van der Waals surface area contributed by atoms with Gasteiger partial charge in [0.1, 0.15) is 0 Å². The molecule has 0 radical (unpaired) electrons. The van der Waals surface area contributed by atoms with Gasteiger partial charge >= 0.3 is 6.18 Å². The summed E-state index contributed by atoms with van der Waals surface area (Å²) < 4.78 is 40.3. The molecule has 2 fully saturated rings. The lowest BCUT2D eigenvalue weighted by Crippen LogP contribution is -2.61. The Morgan fingerprint density at radius 2 is 1.74 bits per heavy atom. The van der Waals surface area contributed by atoms with Crippen molar-refractivity contribution in [3.05, 3.63) is 59.7 Å². The van der Waals surface area contributed by atoms with Crippen molar-refractivity contribution in [2.24, 2.45) is 5.92 Å². The van der Waals surface area contributed by atoms with Crippen LogP contribution in [0.4, 0.5) is 24.5 Å². The highest BCUT2D eigenvalue weighted by Crippen LogP contribution is 2.40. The fourth-order valence-corrected chi connectivity index (χ4v) is 5.82. The van der Waals surface area contributed by atoms with Gasteiger partial charge in [0, 0.05) is 44.1 Å². The maximum atomic E-state index is 13.4. The number of amides is 1. The second kappa shape index (κ2) is 10.1. The SMILES string of the molecule is O=C(NCCN1CCCCC1)C1Cc2cc(C(F)(F)F)ccc2N2CCN(c3ccccc3)CC12. The Morgan fingerprint density at radius 1 is 0.971 bits per heavy atom. The molecule has 1 N–H and O–H groups in total. The number of anilines is 2. The van der Waals surface area contributed by atoms with Gasteiger partial charge in [-0.05, 0) is 68.2 Å². The quantitative estimate of drug-likeness (QED) is 0.689. The van der Waals surface area contributed by atoms with Crippen LogP contribution in [-0.2, 0) is 17.4 Å². The molecule has 35 heavy (non-hydrogen) atoms. The first-order valence-electron chi connectivity index (χ1n) is 12.7. The number of hydrogen-bond acceptors (Lipinski definition) is 4. The Hall–Kier alpha value is -2.74. The molecule has 2 unspecified atom stereocenters. The molecular formula is C27H33F3N4O. The zero-order valence-corrected chi connectivity index (χ0v) is 19.9. The average molecular weight is 487 g/mol. The maximum Gasteiger partial charge on any atom is 0.416 e. The maximum absolute atomic E-state index is 13.4. The number of halogens is 3. The van der Waals surface area contributed by atoms with Crippen molar-refractivity contribution in [2.75, 3.05) is 55.6 Å². The highest BCUT2D eigenvalue weighted by atomic mass is 19.4. The minimum absolute atomic E-state index is 0.0602. The number of piperazine rings is 1. The molecule has 5 nitrogen and oxygen atoms in total. The summed E-state index contributed by atoms with van der Waals surface area (Å²) in [5.41, 5.74) is 1.89. The van der Waals surface area contributed by atoms with Gasteiger partial charge in [-0.1, -0.05) is 24.6 Å². The Kier molecular flexibility index (Phi) is 6.91. The van der Waals surface area contributed by atoms with Crippen molar-refractivity contribution in [2.45, 2.75) is 37.9 Å². The summed E-state index contributed by atoms with van der Waals surface area (Å²) in [5, 5.41) is 3.11. The van der Waals surface area contributed by atoms with Crippen LogP contribution in [0.15, 0.2) is 48.5 Å². The van der Waals surface area contributed by atoms with E-state index in [0.717, 1.165) is 37.6 Å². The number of rotatable bonds is 5.